The lowest BCUT2D eigenvalue weighted by atomic mass is 9.57. The molecule has 10 nitrogen and oxygen atoms in total. The second kappa shape index (κ2) is 10.4. The number of rotatable bonds is 7. The van der Waals surface area contributed by atoms with Gasteiger partial charge in [-0.1, -0.05) is 37.3 Å². The van der Waals surface area contributed by atoms with Crippen molar-refractivity contribution in [1.82, 2.24) is 10.2 Å². The zero-order valence-corrected chi connectivity index (χ0v) is 23.3. The molecule has 41 heavy (non-hydrogen) atoms. The van der Waals surface area contributed by atoms with Crippen LogP contribution in [0.25, 0.3) is 16.9 Å². The van der Waals surface area contributed by atoms with Crippen molar-refractivity contribution in [3.8, 4) is 16.9 Å². The van der Waals surface area contributed by atoms with Gasteiger partial charge in [0.15, 0.2) is 11.4 Å². The van der Waals surface area contributed by atoms with Crippen molar-refractivity contribution < 1.29 is 34.8 Å². The highest BCUT2D eigenvalue weighted by atomic mass is 16.3. The van der Waals surface area contributed by atoms with Gasteiger partial charge in [0.25, 0.3) is 5.91 Å². The largest absolute Gasteiger partial charge is 0.508 e. The molecule has 0 radical (unpaired) electrons. The lowest BCUT2D eigenvalue weighted by Crippen LogP contribution is -2.65. The maximum absolute atomic E-state index is 14.0. The third-order valence-electron chi connectivity index (χ3n) is 8.63. The molecule has 1 saturated carbocycles. The SMILES string of the molecule is CCCNCc1ccc(-c2ccc(O)c3c2C[C@H]2C[C@H]4[C@H](N(C)C)C(=O)C(C(N)=O)=C(O)[C@@]4(O)C(=O)C2=C3O)cc1. The molecule has 0 unspecified atom stereocenters. The number of carbonyl (C=O) groups is 3. The molecule has 5 rings (SSSR count). The number of amides is 1. The van der Waals surface area contributed by atoms with Crippen molar-refractivity contribution >= 4 is 23.2 Å². The van der Waals surface area contributed by atoms with E-state index in [-0.39, 0.29) is 29.7 Å². The second-order valence-electron chi connectivity index (χ2n) is 11.3. The van der Waals surface area contributed by atoms with E-state index in [9.17, 15) is 34.8 Å². The quantitative estimate of drug-likeness (QED) is 0.219. The van der Waals surface area contributed by atoms with E-state index in [4.69, 9.17) is 5.73 Å². The average Bonchev–Trinajstić information content (AvgIpc) is 2.91. The maximum Gasteiger partial charge on any atom is 0.255 e. The lowest BCUT2D eigenvalue weighted by Gasteiger charge is -2.50. The van der Waals surface area contributed by atoms with Crippen LogP contribution in [0.5, 0.6) is 5.75 Å². The number of aromatic hydroxyl groups is 1. The average molecular weight is 562 g/mol. The number of aliphatic hydroxyl groups excluding tert-OH is 2. The number of nitrogens with two attached hydrogens (primary N) is 1. The Balaban J connectivity index is 1.63. The number of aliphatic hydroxyl groups is 3. The third-order valence-corrected chi connectivity index (χ3v) is 8.63. The Labute approximate surface area is 237 Å². The molecule has 10 heteroatoms. The number of ketones is 2. The van der Waals surface area contributed by atoms with E-state index in [1.54, 1.807) is 20.2 Å². The number of nitrogens with one attached hydrogen (secondary N) is 1. The summed E-state index contributed by atoms with van der Waals surface area (Å²) >= 11 is 0. The number of Topliss-reactive ketones (excluding diaryl/α,β-unsaturated/α-hetero) is 2. The molecule has 216 valence electrons. The van der Waals surface area contributed by atoms with Crippen molar-refractivity contribution in [2.75, 3.05) is 20.6 Å². The standard InChI is InChI=1S/C31H35N3O7/c1-4-11-33-14-15-5-7-16(8-6-15)18-9-10-21(35)23-19(18)12-17-13-20-25(34(2)3)27(37)24(30(32)40)29(39)31(20,41)28(38)22(17)26(23)36/h5-10,17,20,25,33,35-36,39,41H,4,11-14H2,1-3H3,(H2,32,40)/t17-,20-,25-,31-/m0/s1. The van der Waals surface area contributed by atoms with Gasteiger partial charge in [0.05, 0.1) is 11.6 Å². The molecule has 0 bridgehead atoms. The molecular formula is C31H35N3O7. The first kappa shape index (κ1) is 28.5. The van der Waals surface area contributed by atoms with E-state index in [0.717, 1.165) is 36.2 Å². The van der Waals surface area contributed by atoms with Crippen LogP contribution in [-0.2, 0) is 27.3 Å². The van der Waals surface area contributed by atoms with E-state index < -0.39 is 58.0 Å². The van der Waals surface area contributed by atoms with E-state index >= 15 is 0 Å². The number of carbonyl (C=O) groups excluding carboxylic acids is 3. The smallest absolute Gasteiger partial charge is 0.255 e. The van der Waals surface area contributed by atoms with Gasteiger partial charge in [-0.25, -0.2) is 0 Å². The van der Waals surface area contributed by atoms with Gasteiger partial charge in [0, 0.05) is 18.0 Å². The number of fused-ring (bicyclic) bond motifs is 3. The third kappa shape index (κ3) is 4.34. The fraction of sp³-hybridized carbons (Fsp3) is 0.387. The fourth-order valence-corrected chi connectivity index (χ4v) is 6.73. The van der Waals surface area contributed by atoms with Crippen LogP contribution in [0.15, 0.2) is 53.3 Å². The number of likely N-dealkylation sites (N-methyl/N-ethyl adjacent to an activating group) is 1. The molecule has 0 spiro atoms. The second-order valence-corrected chi connectivity index (χ2v) is 11.3. The van der Waals surface area contributed by atoms with E-state index in [1.165, 1.54) is 11.0 Å². The highest BCUT2D eigenvalue weighted by Gasteiger charge is 2.64. The van der Waals surface area contributed by atoms with Gasteiger partial charge in [-0.2, -0.15) is 0 Å². The predicted octanol–water partition coefficient (Wildman–Crippen LogP) is 2.13. The first-order valence-corrected chi connectivity index (χ1v) is 13.7. The van der Waals surface area contributed by atoms with Crippen LogP contribution in [0.3, 0.4) is 0 Å². The summed E-state index contributed by atoms with van der Waals surface area (Å²) in [4.78, 5) is 40.8. The summed E-state index contributed by atoms with van der Waals surface area (Å²) in [7, 11) is 3.15. The molecule has 0 heterocycles. The number of nitrogens with zero attached hydrogens (tertiary/aromatic N) is 1. The Morgan fingerprint density at radius 1 is 1.10 bits per heavy atom. The molecular weight excluding hydrogens is 526 g/mol. The van der Waals surface area contributed by atoms with E-state index in [0.29, 0.717) is 5.56 Å². The van der Waals surface area contributed by atoms with E-state index in [2.05, 4.69) is 12.2 Å². The van der Waals surface area contributed by atoms with Gasteiger partial charge in [0.1, 0.15) is 22.8 Å². The molecule has 4 atom stereocenters. The van der Waals surface area contributed by atoms with Crippen LogP contribution >= 0.6 is 0 Å². The minimum Gasteiger partial charge on any atom is -0.508 e. The van der Waals surface area contributed by atoms with Crippen LogP contribution in [0.2, 0.25) is 0 Å². The number of primary amides is 1. The summed E-state index contributed by atoms with van der Waals surface area (Å²) in [5.41, 5.74) is 5.18. The van der Waals surface area contributed by atoms with Crippen LogP contribution in [0, 0.1) is 11.8 Å². The lowest BCUT2D eigenvalue weighted by molar-refractivity contribution is -0.153. The first-order valence-electron chi connectivity index (χ1n) is 13.7. The zero-order valence-electron chi connectivity index (χ0n) is 23.3. The van der Waals surface area contributed by atoms with Crippen LogP contribution < -0.4 is 11.1 Å². The molecule has 0 aromatic heterocycles. The Hall–Kier alpha value is -3.99. The number of phenols is 1. The molecule has 2 aromatic carbocycles. The van der Waals surface area contributed by atoms with Gasteiger partial charge >= 0.3 is 0 Å². The Morgan fingerprint density at radius 2 is 1.78 bits per heavy atom. The first-order chi connectivity index (χ1) is 19.4. The van der Waals surface area contributed by atoms with Crippen molar-refractivity contribution in [2.45, 2.75) is 44.4 Å². The minimum atomic E-state index is -2.65. The summed E-state index contributed by atoms with van der Waals surface area (Å²) in [5, 5.41) is 48.3. The summed E-state index contributed by atoms with van der Waals surface area (Å²) < 4.78 is 0. The number of hydrogen-bond acceptors (Lipinski definition) is 9. The molecule has 3 aliphatic carbocycles. The molecule has 0 saturated heterocycles. The Kier molecular flexibility index (Phi) is 7.27. The molecule has 3 aliphatic rings. The summed E-state index contributed by atoms with van der Waals surface area (Å²) in [6.45, 7) is 3.74. The predicted molar refractivity (Wildman–Crippen MR) is 152 cm³/mol. The van der Waals surface area contributed by atoms with Gasteiger partial charge in [0.2, 0.25) is 5.78 Å². The monoisotopic (exact) mass is 561 g/mol. The maximum atomic E-state index is 14.0. The normalized spacial score (nSPS) is 25.7. The van der Waals surface area contributed by atoms with Crippen molar-refractivity contribution in [3.63, 3.8) is 0 Å². The summed E-state index contributed by atoms with van der Waals surface area (Å²) in [5.74, 6) is -6.64. The van der Waals surface area contributed by atoms with Crippen LogP contribution in [-0.4, -0.2) is 75.1 Å². The highest BCUT2D eigenvalue weighted by molar-refractivity contribution is 6.24. The number of phenolic OH excluding ortho intramolecular Hbond substituents is 1. The summed E-state index contributed by atoms with van der Waals surface area (Å²) in [6, 6.07) is 10.0. The van der Waals surface area contributed by atoms with Crippen molar-refractivity contribution in [2.24, 2.45) is 17.6 Å². The Bertz CT molecular complexity index is 1510. The summed E-state index contributed by atoms with van der Waals surface area (Å²) in [6.07, 6.45) is 1.31. The van der Waals surface area contributed by atoms with Crippen LogP contribution in [0.1, 0.15) is 36.5 Å². The van der Waals surface area contributed by atoms with Crippen molar-refractivity contribution in [3.05, 3.63) is 70.0 Å². The highest BCUT2D eigenvalue weighted by Crippen LogP contribution is 2.53. The van der Waals surface area contributed by atoms with Gasteiger partial charge in [-0.05, 0) is 74.1 Å². The number of benzene rings is 2. The minimum absolute atomic E-state index is 0.0445. The van der Waals surface area contributed by atoms with Crippen molar-refractivity contribution in [1.29, 1.82) is 0 Å². The van der Waals surface area contributed by atoms with Gasteiger partial charge < -0.3 is 31.5 Å². The van der Waals surface area contributed by atoms with Gasteiger partial charge in [-0.3, -0.25) is 19.3 Å². The molecule has 0 aliphatic heterocycles. The van der Waals surface area contributed by atoms with Crippen LogP contribution in [0.4, 0.5) is 0 Å². The number of hydrogen-bond donors (Lipinski definition) is 6. The molecule has 7 N–H and O–H groups in total. The molecule has 2 aromatic rings. The molecule has 1 fully saturated rings. The topological polar surface area (TPSA) is 173 Å². The zero-order chi connectivity index (χ0) is 29.8. The fourth-order valence-electron chi connectivity index (χ4n) is 6.73. The Morgan fingerprint density at radius 3 is 2.39 bits per heavy atom. The van der Waals surface area contributed by atoms with Gasteiger partial charge in [-0.15, -0.1) is 0 Å². The van der Waals surface area contributed by atoms with E-state index in [1.807, 2.05) is 24.3 Å². The molecule has 1 amide bonds.